The Labute approximate surface area is 324 Å². The van der Waals surface area contributed by atoms with Crippen LogP contribution in [0.3, 0.4) is 0 Å². The van der Waals surface area contributed by atoms with Crippen molar-refractivity contribution in [3.8, 4) is 0 Å². The predicted molar refractivity (Wildman–Crippen MR) is 217 cm³/mol. The maximum atomic E-state index is 12.7. The summed E-state index contributed by atoms with van der Waals surface area (Å²) in [6.45, 7) is 4.50. The van der Waals surface area contributed by atoms with E-state index in [-0.39, 0.29) is 49.1 Å². The van der Waals surface area contributed by atoms with Gasteiger partial charge >= 0.3 is 11.9 Å². The van der Waals surface area contributed by atoms with Crippen molar-refractivity contribution in [3.63, 3.8) is 0 Å². The van der Waals surface area contributed by atoms with Gasteiger partial charge in [-0.1, -0.05) is 126 Å². The lowest BCUT2D eigenvalue weighted by atomic mass is 10.1. The molecule has 0 aliphatic heterocycles. The van der Waals surface area contributed by atoms with Gasteiger partial charge in [-0.3, -0.25) is 9.59 Å². The molecule has 0 aromatic heterocycles. The second kappa shape index (κ2) is 36.0. The second-order valence-electron chi connectivity index (χ2n) is 14.9. The highest BCUT2D eigenvalue weighted by molar-refractivity contribution is 5.70. The van der Waals surface area contributed by atoms with Gasteiger partial charge in [0.25, 0.3) is 0 Å². The molecule has 0 heterocycles. The Hall–Kier alpha value is -2.97. The van der Waals surface area contributed by atoms with Gasteiger partial charge < -0.3 is 28.6 Å². The molecular weight excluding hydrogens is 666 g/mol. The van der Waals surface area contributed by atoms with Gasteiger partial charge in [0.2, 0.25) is 0 Å². The van der Waals surface area contributed by atoms with Gasteiger partial charge in [0.05, 0.1) is 40.3 Å². The Balaban J connectivity index is 4.37. The molecule has 2 unspecified atom stereocenters. The van der Waals surface area contributed by atoms with Crippen molar-refractivity contribution in [3.05, 3.63) is 60.8 Å². The third-order valence-corrected chi connectivity index (χ3v) is 8.89. The van der Waals surface area contributed by atoms with E-state index in [0.717, 1.165) is 70.6 Å². The third-order valence-electron chi connectivity index (χ3n) is 8.89. The number of carbonyl (C=O) groups is 3. The summed E-state index contributed by atoms with van der Waals surface area (Å²) < 4.78 is 17.0. The van der Waals surface area contributed by atoms with Crippen molar-refractivity contribution in [1.82, 2.24) is 0 Å². The minimum absolute atomic E-state index is 0.0189. The summed E-state index contributed by atoms with van der Waals surface area (Å²) in [5.74, 6) is -1.83. The van der Waals surface area contributed by atoms with Crippen molar-refractivity contribution < 1.29 is 38.2 Å². The topological polar surface area (TPSA) is 102 Å². The molecule has 0 amide bonds. The summed E-state index contributed by atoms with van der Waals surface area (Å²) in [6, 6.07) is -0.734. The second-order valence-corrected chi connectivity index (χ2v) is 14.9. The Morgan fingerprint density at radius 1 is 0.566 bits per heavy atom. The molecule has 0 aliphatic carbocycles. The van der Waals surface area contributed by atoms with E-state index in [0.29, 0.717) is 12.8 Å². The number of nitrogens with zero attached hydrogens (tertiary/aromatic N) is 1. The van der Waals surface area contributed by atoms with E-state index in [1.165, 1.54) is 44.9 Å². The Morgan fingerprint density at radius 3 is 1.60 bits per heavy atom. The fourth-order valence-corrected chi connectivity index (χ4v) is 5.60. The molecule has 304 valence electrons. The number of ether oxygens (including phenoxy) is 3. The summed E-state index contributed by atoms with van der Waals surface area (Å²) in [5, 5.41) is 11.6. The van der Waals surface area contributed by atoms with Crippen LogP contribution in [0, 0.1) is 0 Å². The molecule has 0 radical (unpaired) electrons. The minimum atomic E-state index is -1.14. The Kier molecular flexibility index (Phi) is 34.0. The molecule has 0 fully saturated rings. The van der Waals surface area contributed by atoms with Crippen LogP contribution in [-0.2, 0) is 28.6 Å². The van der Waals surface area contributed by atoms with Crippen molar-refractivity contribution in [2.45, 2.75) is 167 Å². The van der Waals surface area contributed by atoms with Crippen LogP contribution < -0.4 is 5.11 Å². The Morgan fingerprint density at radius 2 is 1.04 bits per heavy atom. The van der Waals surface area contributed by atoms with Gasteiger partial charge in [-0.05, 0) is 70.6 Å². The first-order chi connectivity index (χ1) is 25.6. The molecular formula is C45H77NO7. The lowest BCUT2D eigenvalue weighted by molar-refractivity contribution is -0.889. The molecule has 0 saturated carbocycles. The first kappa shape index (κ1) is 50.0. The van der Waals surface area contributed by atoms with E-state index in [1.54, 1.807) is 21.1 Å². The molecule has 8 nitrogen and oxygen atoms in total. The summed E-state index contributed by atoms with van der Waals surface area (Å²) in [7, 11) is 5.37. The van der Waals surface area contributed by atoms with Gasteiger partial charge in [0.15, 0.2) is 6.10 Å². The van der Waals surface area contributed by atoms with Gasteiger partial charge in [-0.25, -0.2) is 0 Å². The summed E-state index contributed by atoms with van der Waals surface area (Å²) >= 11 is 0. The van der Waals surface area contributed by atoms with Crippen molar-refractivity contribution in [2.24, 2.45) is 0 Å². The maximum Gasteiger partial charge on any atom is 0.306 e. The van der Waals surface area contributed by atoms with Crippen LogP contribution in [0.25, 0.3) is 0 Å². The number of carbonyl (C=O) groups excluding carboxylic acids is 3. The lowest BCUT2D eigenvalue weighted by Crippen LogP contribution is -2.55. The minimum Gasteiger partial charge on any atom is -0.544 e. The number of hydrogen-bond donors (Lipinski definition) is 0. The molecule has 0 N–H and O–H groups in total. The van der Waals surface area contributed by atoms with Gasteiger partial charge in [0, 0.05) is 19.3 Å². The first-order valence-electron chi connectivity index (χ1n) is 20.8. The number of hydrogen-bond acceptors (Lipinski definition) is 7. The van der Waals surface area contributed by atoms with E-state index in [4.69, 9.17) is 14.2 Å². The molecule has 0 aromatic carbocycles. The van der Waals surface area contributed by atoms with E-state index >= 15 is 0 Å². The zero-order valence-corrected chi connectivity index (χ0v) is 34.4. The summed E-state index contributed by atoms with van der Waals surface area (Å²) in [6.07, 6.45) is 42.7. The highest BCUT2D eigenvalue weighted by Gasteiger charge is 2.25. The van der Waals surface area contributed by atoms with Crippen LogP contribution in [0.4, 0.5) is 0 Å². The fraction of sp³-hybridized carbons (Fsp3) is 0.711. The number of allylic oxidation sites excluding steroid dienone is 10. The number of unbranched alkanes of at least 4 members (excludes halogenated alkanes) is 12. The average Bonchev–Trinajstić information content (AvgIpc) is 3.11. The molecule has 0 aromatic rings. The molecule has 0 aliphatic rings. The molecule has 8 heteroatoms. The molecule has 0 spiro atoms. The number of rotatable bonds is 36. The largest absolute Gasteiger partial charge is 0.544 e. The van der Waals surface area contributed by atoms with Gasteiger partial charge in [-0.2, -0.15) is 0 Å². The van der Waals surface area contributed by atoms with Gasteiger partial charge in [-0.15, -0.1) is 0 Å². The van der Waals surface area contributed by atoms with Crippen LogP contribution >= 0.6 is 0 Å². The van der Waals surface area contributed by atoms with Crippen LogP contribution in [0.1, 0.15) is 155 Å². The monoisotopic (exact) mass is 744 g/mol. The van der Waals surface area contributed by atoms with Crippen LogP contribution in [0.2, 0.25) is 0 Å². The number of likely N-dealkylation sites (N-methyl/N-ethyl adjacent to an activating group) is 1. The number of esters is 2. The van der Waals surface area contributed by atoms with Crippen molar-refractivity contribution in [1.29, 1.82) is 0 Å². The van der Waals surface area contributed by atoms with E-state index in [1.807, 2.05) is 6.08 Å². The van der Waals surface area contributed by atoms with E-state index in [2.05, 4.69) is 68.5 Å². The van der Waals surface area contributed by atoms with E-state index < -0.39 is 18.1 Å². The highest BCUT2D eigenvalue weighted by atomic mass is 16.6. The first-order valence-corrected chi connectivity index (χ1v) is 20.8. The zero-order chi connectivity index (χ0) is 39.3. The van der Waals surface area contributed by atoms with Crippen LogP contribution in [-0.4, -0.2) is 75.5 Å². The van der Waals surface area contributed by atoms with Gasteiger partial charge in [0.1, 0.15) is 12.6 Å². The Bertz CT molecular complexity index is 1050. The SMILES string of the molecule is CCCCC/C=C/C/C=C/C/C=C/C/C=C/CCCCCCCC(=O)OC(COCCC(C(=O)[O-])[N+](C)(C)C)COC(=O)CC/C=C/CCCCCC. The third kappa shape index (κ3) is 34.5. The molecule has 0 bridgehead atoms. The number of carboxylic acid groups (broad SMARTS) is 1. The van der Waals surface area contributed by atoms with Crippen molar-refractivity contribution >= 4 is 17.9 Å². The van der Waals surface area contributed by atoms with E-state index in [9.17, 15) is 19.5 Å². The standard InChI is InChI=1S/C45H77NO7/c1-6-8-10-12-14-16-17-18-19-20-21-22-23-24-25-26-27-28-30-32-34-36-44(48)53-41(39-51-38-37-42(45(49)50)46(3,4)5)40-52-43(47)35-33-31-29-15-13-11-9-7-2/h14,16,18-19,21-22,24-25,29,31,41-42H,6-13,15,17,20,23,26-28,30,32-40H2,1-5H3/b16-14+,19-18+,22-21+,25-24+,31-29+. The number of carboxylic acids is 1. The molecule has 53 heavy (non-hydrogen) atoms. The number of quaternary nitrogens is 1. The average molecular weight is 744 g/mol. The van der Waals surface area contributed by atoms with Crippen molar-refractivity contribution in [2.75, 3.05) is 41.0 Å². The lowest BCUT2D eigenvalue weighted by Gasteiger charge is -2.34. The highest BCUT2D eigenvalue weighted by Crippen LogP contribution is 2.12. The summed E-state index contributed by atoms with van der Waals surface area (Å²) in [4.78, 5) is 36.6. The molecule has 0 saturated heterocycles. The fourth-order valence-electron chi connectivity index (χ4n) is 5.60. The summed E-state index contributed by atoms with van der Waals surface area (Å²) in [5.41, 5.74) is 0. The van der Waals surface area contributed by atoms with Crippen LogP contribution in [0.15, 0.2) is 60.8 Å². The van der Waals surface area contributed by atoms with Crippen LogP contribution in [0.5, 0.6) is 0 Å². The number of aliphatic carboxylic acids is 1. The zero-order valence-electron chi connectivity index (χ0n) is 34.4. The molecule has 0 rings (SSSR count). The maximum absolute atomic E-state index is 12.7. The quantitative estimate of drug-likeness (QED) is 0.0273. The molecule has 2 atom stereocenters. The smallest absolute Gasteiger partial charge is 0.306 e. The normalized spacial score (nSPS) is 13.6. The predicted octanol–water partition coefficient (Wildman–Crippen LogP) is 9.69.